The molecule has 3 aromatic rings. The average Bonchev–Trinajstić information content (AvgIpc) is 3.18. The Morgan fingerprint density at radius 3 is 2.90 bits per heavy atom. The lowest BCUT2D eigenvalue weighted by atomic mass is 10.1. The first-order valence-electron chi connectivity index (χ1n) is 6.72. The van der Waals surface area contributed by atoms with Gasteiger partial charge in [-0.25, -0.2) is 4.98 Å². The summed E-state index contributed by atoms with van der Waals surface area (Å²) in [6.07, 6.45) is 0. The van der Waals surface area contributed by atoms with Crippen LogP contribution in [-0.2, 0) is 4.74 Å². The summed E-state index contributed by atoms with van der Waals surface area (Å²) in [4.78, 5) is 21.7. The summed E-state index contributed by atoms with van der Waals surface area (Å²) in [6, 6.07) is 10.0. The average molecular weight is 299 g/mol. The van der Waals surface area contributed by atoms with Gasteiger partial charge in [0.15, 0.2) is 0 Å². The van der Waals surface area contributed by atoms with Crippen LogP contribution in [0.3, 0.4) is 0 Å². The van der Waals surface area contributed by atoms with Crippen LogP contribution in [0.1, 0.15) is 0 Å². The molecule has 0 aliphatic carbocycles. The van der Waals surface area contributed by atoms with Gasteiger partial charge in [-0.05, 0) is 5.56 Å². The quantitative estimate of drug-likeness (QED) is 0.789. The van der Waals surface area contributed by atoms with Crippen LogP contribution in [0.25, 0.3) is 21.3 Å². The molecule has 6 heteroatoms. The molecule has 1 N–H and O–H groups in total. The number of H-pyrrole nitrogens is 1. The Bertz CT molecular complexity index is 835. The Morgan fingerprint density at radius 1 is 1.29 bits per heavy atom. The summed E-state index contributed by atoms with van der Waals surface area (Å²) in [5.74, 6) is 0.584. The molecule has 1 aromatic carbocycles. The Kier molecular flexibility index (Phi) is 2.98. The molecule has 0 unspecified atom stereocenters. The summed E-state index contributed by atoms with van der Waals surface area (Å²) in [6.45, 7) is 1.88. The zero-order valence-corrected chi connectivity index (χ0v) is 12.0. The molecule has 1 aliphatic heterocycles. The van der Waals surface area contributed by atoms with Crippen molar-refractivity contribution in [3.63, 3.8) is 0 Å². The number of aromatic nitrogens is 2. The van der Waals surface area contributed by atoms with Crippen LogP contribution >= 0.6 is 11.3 Å². The number of ether oxygens (including phenoxy) is 1. The second kappa shape index (κ2) is 4.98. The zero-order valence-electron chi connectivity index (χ0n) is 11.2. The van der Waals surface area contributed by atoms with E-state index in [1.54, 1.807) is 0 Å². The number of hydrogen-bond donors (Lipinski definition) is 1. The molecule has 5 nitrogen and oxygen atoms in total. The highest BCUT2D eigenvalue weighted by Gasteiger charge is 2.18. The van der Waals surface area contributed by atoms with Gasteiger partial charge in [0.1, 0.15) is 11.4 Å². The highest BCUT2D eigenvalue weighted by atomic mass is 32.1. The van der Waals surface area contributed by atoms with E-state index in [0.29, 0.717) is 24.0 Å². The van der Waals surface area contributed by atoms with E-state index in [4.69, 9.17) is 4.74 Å². The Hall–Kier alpha value is -2.18. The van der Waals surface area contributed by atoms with Gasteiger partial charge in [0.25, 0.3) is 5.56 Å². The SMILES string of the molecule is O=c1[nH]c(N2CCOC2)nc2c(-c3ccccc3)csc12. The first kappa shape index (κ1) is 12.6. The number of thiophene rings is 1. The van der Waals surface area contributed by atoms with Crippen LogP contribution in [0.4, 0.5) is 5.95 Å². The van der Waals surface area contributed by atoms with Gasteiger partial charge in [0.05, 0.1) is 12.1 Å². The number of aromatic amines is 1. The van der Waals surface area contributed by atoms with Crippen LogP contribution in [0.2, 0.25) is 0 Å². The fourth-order valence-electron chi connectivity index (χ4n) is 2.47. The minimum Gasteiger partial charge on any atom is -0.359 e. The van der Waals surface area contributed by atoms with Gasteiger partial charge in [-0.1, -0.05) is 30.3 Å². The van der Waals surface area contributed by atoms with Gasteiger partial charge in [-0.15, -0.1) is 11.3 Å². The predicted octanol–water partition coefficient (Wildman–Crippen LogP) is 2.45. The molecule has 0 bridgehead atoms. The van der Waals surface area contributed by atoms with Crippen molar-refractivity contribution >= 4 is 27.5 Å². The summed E-state index contributed by atoms with van der Waals surface area (Å²) in [5, 5.41) is 1.99. The van der Waals surface area contributed by atoms with E-state index in [9.17, 15) is 4.79 Å². The molecule has 0 radical (unpaired) electrons. The number of nitrogens with one attached hydrogen (secondary N) is 1. The molecule has 0 atom stereocenters. The fraction of sp³-hybridized carbons (Fsp3) is 0.200. The topological polar surface area (TPSA) is 58.2 Å². The lowest BCUT2D eigenvalue weighted by Crippen LogP contribution is -2.24. The monoisotopic (exact) mass is 299 g/mol. The second-order valence-corrected chi connectivity index (χ2v) is 5.76. The third kappa shape index (κ3) is 2.12. The van der Waals surface area contributed by atoms with E-state index in [0.717, 1.165) is 23.2 Å². The van der Waals surface area contributed by atoms with Crippen LogP contribution in [0, 0.1) is 0 Å². The summed E-state index contributed by atoms with van der Waals surface area (Å²) in [7, 11) is 0. The number of nitrogens with zero attached hydrogens (tertiary/aromatic N) is 2. The van der Waals surface area contributed by atoms with Crippen molar-refractivity contribution in [1.29, 1.82) is 0 Å². The maximum Gasteiger partial charge on any atom is 0.270 e. The number of fused-ring (bicyclic) bond motifs is 1. The Balaban J connectivity index is 1.91. The smallest absolute Gasteiger partial charge is 0.270 e. The molecule has 2 aromatic heterocycles. The lowest BCUT2D eigenvalue weighted by molar-refractivity contribution is 0.200. The molecule has 1 aliphatic rings. The number of benzene rings is 1. The molecular formula is C15H13N3O2S. The van der Waals surface area contributed by atoms with E-state index in [-0.39, 0.29) is 5.56 Å². The van der Waals surface area contributed by atoms with E-state index in [2.05, 4.69) is 9.97 Å². The van der Waals surface area contributed by atoms with Crippen molar-refractivity contribution in [3.05, 3.63) is 46.1 Å². The second-order valence-electron chi connectivity index (χ2n) is 4.88. The number of rotatable bonds is 2. The van der Waals surface area contributed by atoms with E-state index >= 15 is 0 Å². The molecule has 1 fully saturated rings. The summed E-state index contributed by atoms with van der Waals surface area (Å²) >= 11 is 1.43. The zero-order chi connectivity index (χ0) is 14.2. The predicted molar refractivity (Wildman–Crippen MR) is 83.8 cm³/mol. The third-order valence-electron chi connectivity index (χ3n) is 3.55. The number of hydrogen-bond acceptors (Lipinski definition) is 5. The molecule has 4 rings (SSSR count). The van der Waals surface area contributed by atoms with Crippen molar-refractivity contribution in [2.24, 2.45) is 0 Å². The van der Waals surface area contributed by atoms with E-state index in [1.807, 2.05) is 40.6 Å². The lowest BCUT2D eigenvalue weighted by Gasteiger charge is -2.13. The van der Waals surface area contributed by atoms with Crippen molar-refractivity contribution in [1.82, 2.24) is 9.97 Å². The molecule has 1 saturated heterocycles. The first-order valence-corrected chi connectivity index (χ1v) is 7.60. The largest absolute Gasteiger partial charge is 0.359 e. The van der Waals surface area contributed by atoms with Crippen LogP contribution in [-0.4, -0.2) is 29.9 Å². The molecule has 0 spiro atoms. The molecular weight excluding hydrogens is 286 g/mol. The number of anilines is 1. The van der Waals surface area contributed by atoms with Crippen LogP contribution in [0.15, 0.2) is 40.5 Å². The maximum atomic E-state index is 12.2. The Labute approximate surface area is 124 Å². The van der Waals surface area contributed by atoms with Crippen LogP contribution < -0.4 is 10.5 Å². The van der Waals surface area contributed by atoms with Gasteiger partial charge >= 0.3 is 0 Å². The molecule has 0 amide bonds. The summed E-state index contributed by atoms with van der Waals surface area (Å²) < 4.78 is 5.99. The van der Waals surface area contributed by atoms with Gasteiger partial charge in [0.2, 0.25) is 5.95 Å². The standard InChI is InChI=1S/C15H13N3O2S/c19-14-13-12(16-15(17-14)18-6-7-20-9-18)11(8-21-13)10-4-2-1-3-5-10/h1-5,8H,6-7,9H2,(H,16,17,19). The van der Waals surface area contributed by atoms with Crippen molar-refractivity contribution in [2.75, 3.05) is 24.8 Å². The van der Waals surface area contributed by atoms with Crippen molar-refractivity contribution < 1.29 is 4.74 Å². The minimum absolute atomic E-state index is 0.0888. The third-order valence-corrected chi connectivity index (χ3v) is 4.52. The highest BCUT2D eigenvalue weighted by molar-refractivity contribution is 7.17. The first-order chi connectivity index (χ1) is 10.3. The van der Waals surface area contributed by atoms with Gasteiger partial charge in [-0.3, -0.25) is 9.78 Å². The van der Waals surface area contributed by atoms with Gasteiger partial charge < -0.3 is 9.64 Å². The fourth-order valence-corrected chi connectivity index (χ4v) is 3.38. The van der Waals surface area contributed by atoms with Crippen LogP contribution in [0.5, 0.6) is 0 Å². The van der Waals surface area contributed by atoms with E-state index < -0.39 is 0 Å². The van der Waals surface area contributed by atoms with Crippen molar-refractivity contribution in [3.8, 4) is 11.1 Å². The normalized spacial score (nSPS) is 15.0. The molecule has 21 heavy (non-hydrogen) atoms. The Morgan fingerprint density at radius 2 is 2.14 bits per heavy atom. The summed E-state index contributed by atoms with van der Waals surface area (Å²) in [5.41, 5.74) is 2.75. The van der Waals surface area contributed by atoms with E-state index in [1.165, 1.54) is 11.3 Å². The molecule has 3 heterocycles. The highest BCUT2D eigenvalue weighted by Crippen LogP contribution is 2.31. The molecule has 106 valence electrons. The van der Waals surface area contributed by atoms with Gasteiger partial charge in [-0.2, -0.15) is 0 Å². The minimum atomic E-state index is -0.0888. The maximum absolute atomic E-state index is 12.2. The molecule has 0 saturated carbocycles. The van der Waals surface area contributed by atoms with Crippen molar-refractivity contribution in [2.45, 2.75) is 0 Å². The van der Waals surface area contributed by atoms with Gasteiger partial charge in [0, 0.05) is 17.5 Å².